The topological polar surface area (TPSA) is 59.0 Å². The van der Waals surface area contributed by atoms with Gasteiger partial charge in [-0.3, -0.25) is 9.48 Å². The van der Waals surface area contributed by atoms with E-state index in [0.717, 1.165) is 25.9 Å². The van der Waals surface area contributed by atoms with Crippen molar-refractivity contribution in [1.82, 2.24) is 20.4 Å². The Morgan fingerprint density at radius 1 is 1.28 bits per heavy atom. The number of piperidine rings is 1. The normalized spacial score (nSPS) is 17.4. The highest BCUT2D eigenvalue weighted by atomic mass is 35.5. The Morgan fingerprint density at radius 3 is 2.64 bits per heavy atom. The predicted molar refractivity (Wildman–Crippen MR) is 102 cm³/mol. The second-order valence-corrected chi connectivity index (χ2v) is 6.72. The van der Waals surface area contributed by atoms with Crippen molar-refractivity contribution in [2.24, 2.45) is 0 Å². The Morgan fingerprint density at radius 2 is 2.00 bits per heavy atom. The fourth-order valence-electron chi connectivity index (χ4n) is 3.57. The molecule has 1 fully saturated rings. The summed E-state index contributed by atoms with van der Waals surface area (Å²) in [6, 6.07) is 8.10. The fraction of sp³-hybridized carbons (Fsp3) is 0.474. The van der Waals surface area contributed by atoms with Crippen LogP contribution in [0.3, 0.4) is 0 Å². The minimum Gasteiger partial charge on any atom is -0.347 e. The number of aryl methyl sites for hydroxylation is 1. The summed E-state index contributed by atoms with van der Waals surface area (Å²) in [7, 11) is 0. The van der Waals surface area contributed by atoms with E-state index in [4.69, 9.17) is 0 Å². The van der Waals surface area contributed by atoms with E-state index in [1.807, 2.05) is 23.0 Å². The van der Waals surface area contributed by atoms with Gasteiger partial charge in [-0.05, 0) is 69.5 Å². The van der Waals surface area contributed by atoms with Gasteiger partial charge < -0.3 is 10.6 Å². The number of carbonyl (C=O) groups excluding carboxylic acids is 1. The van der Waals surface area contributed by atoms with Gasteiger partial charge in [0.15, 0.2) is 0 Å². The Labute approximate surface area is 155 Å². The number of nitrogens with one attached hydrogen (secondary N) is 2. The first-order valence-electron chi connectivity index (χ1n) is 8.62. The van der Waals surface area contributed by atoms with Crippen LogP contribution in [0.25, 0.3) is 0 Å². The standard InChI is InChI=1S/C19H26N4O.ClH/c1-14-6-4-7-17(15(14)2)16(3)22-18(24)19(8-11-20-12-9-19)23-13-5-10-21-23;/h4-7,10,13,16,20H,8-9,11-12H2,1-3H3,(H,22,24);1H. The molecule has 3 rings (SSSR count). The molecule has 1 aromatic heterocycles. The summed E-state index contributed by atoms with van der Waals surface area (Å²) in [5.74, 6) is 0.0566. The maximum absolute atomic E-state index is 13.2. The lowest BCUT2D eigenvalue weighted by atomic mass is 9.86. The van der Waals surface area contributed by atoms with Gasteiger partial charge in [-0.1, -0.05) is 18.2 Å². The van der Waals surface area contributed by atoms with Gasteiger partial charge in [0.05, 0.1) is 6.04 Å². The van der Waals surface area contributed by atoms with E-state index in [9.17, 15) is 4.79 Å². The number of rotatable bonds is 4. The van der Waals surface area contributed by atoms with Crippen LogP contribution in [0.15, 0.2) is 36.7 Å². The van der Waals surface area contributed by atoms with Crippen molar-refractivity contribution in [2.75, 3.05) is 13.1 Å². The lowest BCUT2D eigenvalue weighted by molar-refractivity contribution is -0.132. The molecule has 136 valence electrons. The number of hydrogen-bond acceptors (Lipinski definition) is 3. The van der Waals surface area contributed by atoms with Crippen molar-refractivity contribution in [3.63, 3.8) is 0 Å². The highest BCUT2D eigenvalue weighted by molar-refractivity contribution is 5.85. The van der Waals surface area contributed by atoms with Crippen molar-refractivity contribution in [1.29, 1.82) is 0 Å². The van der Waals surface area contributed by atoms with Gasteiger partial charge in [-0.25, -0.2) is 0 Å². The Bertz CT molecular complexity index is 708. The van der Waals surface area contributed by atoms with Crippen molar-refractivity contribution < 1.29 is 4.79 Å². The molecule has 1 unspecified atom stereocenters. The second kappa shape index (κ2) is 8.02. The number of aromatic nitrogens is 2. The molecule has 0 bridgehead atoms. The minimum atomic E-state index is -0.596. The zero-order valence-electron chi connectivity index (χ0n) is 15.1. The first-order chi connectivity index (χ1) is 11.5. The molecular weight excluding hydrogens is 336 g/mol. The number of hydrogen-bond donors (Lipinski definition) is 2. The molecule has 1 atom stereocenters. The van der Waals surface area contributed by atoms with Crippen LogP contribution in [-0.4, -0.2) is 28.8 Å². The molecule has 0 radical (unpaired) electrons. The van der Waals surface area contributed by atoms with Crippen LogP contribution in [0.2, 0.25) is 0 Å². The Hall–Kier alpha value is -1.85. The average Bonchev–Trinajstić information content (AvgIpc) is 3.13. The third kappa shape index (κ3) is 3.72. The molecule has 0 saturated carbocycles. The van der Waals surface area contributed by atoms with Gasteiger partial charge >= 0.3 is 0 Å². The monoisotopic (exact) mass is 362 g/mol. The highest BCUT2D eigenvalue weighted by Crippen LogP contribution is 2.29. The van der Waals surface area contributed by atoms with Crippen molar-refractivity contribution in [2.45, 2.75) is 45.2 Å². The number of benzene rings is 1. The third-order valence-corrected chi connectivity index (χ3v) is 5.26. The van der Waals surface area contributed by atoms with Crippen molar-refractivity contribution >= 4 is 18.3 Å². The molecule has 6 heteroatoms. The smallest absolute Gasteiger partial charge is 0.248 e. The van der Waals surface area contributed by atoms with Gasteiger partial charge in [-0.2, -0.15) is 5.10 Å². The molecular formula is C19H27ClN4O. The molecule has 1 aromatic carbocycles. The van der Waals surface area contributed by atoms with Crippen molar-refractivity contribution in [3.8, 4) is 0 Å². The SMILES string of the molecule is Cc1cccc(C(C)NC(=O)C2(n3cccn3)CCNCC2)c1C.Cl. The molecule has 2 N–H and O–H groups in total. The Kier molecular flexibility index (Phi) is 6.25. The summed E-state index contributed by atoms with van der Waals surface area (Å²) in [5, 5.41) is 10.9. The maximum Gasteiger partial charge on any atom is 0.248 e. The molecule has 0 spiro atoms. The average molecular weight is 363 g/mol. The first-order valence-corrected chi connectivity index (χ1v) is 8.62. The Balaban J connectivity index is 0.00000225. The highest BCUT2D eigenvalue weighted by Gasteiger charge is 2.42. The van der Waals surface area contributed by atoms with E-state index >= 15 is 0 Å². The summed E-state index contributed by atoms with van der Waals surface area (Å²) in [4.78, 5) is 13.2. The van der Waals surface area contributed by atoms with Crippen LogP contribution in [0, 0.1) is 13.8 Å². The van der Waals surface area contributed by atoms with E-state index in [2.05, 4.69) is 48.6 Å². The zero-order valence-corrected chi connectivity index (χ0v) is 15.9. The van der Waals surface area contributed by atoms with E-state index in [1.54, 1.807) is 6.20 Å². The number of halogens is 1. The maximum atomic E-state index is 13.2. The summed E-state index contributed by atoms with van der Waals surface area (Å²) >= 11 is 0. The first kappa shape index (κ1) is 19.5. The van der Waals surface area contributed by atoms with E-state index in [1.165, 1.54) is 16.7 Å². The number of nitrogens with zero attached hydrogens (tertiary/aromatic N) is 2. The summed E-state index contributed by atoms with van der Waals surface area (Å²) in [6.45, 7) is 7.92. The summed E-state index contributed by atoms with van der Waals surface area (Å²) < 4.78 is 1.83. The van der Waals surface area contributed by atoms with Crippen molar-refractivity contribution in [3.05, 3.63) is 53.3 Å². The van der Waals surface area contributed by atoms with Crippen LogP contribution in [0.4, 0.5) is 0 Å². The summed E-state index contributed by atoms with van der Waals surface area (Å²) in [6.07, 6.45) is 5.14. The van der Waals surface area contributed by atoms with Crippen LogP contribution < -0.4 is 10.6 Å². The molecule has 1 amide bonds. The van der Waals surface area contributed by atoms with Crippen LogP contribution in [-0.2, 0) is 10.3 Å². The molecule has 1 saturated heterocycles. The van der Waals surface area contributed by atoms with E-state index in [-0.39, 0.29) is 24.4 Å². The molecule has 0 aliphatic carbocycles. The fourth-order valence-corrected chi connectivity index (χ4v) is 3.57. The lowest BCUT2D eigenvalue weighted by Gasteiger charge is -2.37. The van der Waals surface area contributed by atoms with E-state index < -0.39 is 5.54 Å². The van der Waals surface area contributed by atoms with Gasteiger partial charge in [0.25, 0.3) is 0 Å². The molecule has 1 aliphatic heterocycles. The second-order valence-electron chi connectivity index (χ2n) is 6.72. The van der Waals surface area contributed by atoms with Crippen LogP contribution >= 0.6 is 12.4 Å². The van der Waals surface area contributed by atoms with Crippen LogP contribution in [0.5, 0.6) is 0 Å². The third-order valence-electron chi connectivity index (χ3n) is 5.26. The van der Waals surface area contributed by atoms with Gasteiger partial charge in [-0.15, -0.1) is 12.4 Å². The predicted octanol–water partition coefficient (Wildman–Crippen LogP) is 2.88. The van der Waals surface area contributed by atoms with Gasteiger partial charge in [0.1, 0.15) is 5.54 Å². The van der Waals surface area contributed by atoms with Gasteiger partial charge in [0, 0.05) is 12.4 Å². The number of carbonyl (C=O) groups is 1. The van der Waals surface area contributed by atoms with Gasteiger partial charge in [0.2, 0.25) is 5.91 Å². The quantitative estimate of drug-likeness (QED) is 0.879. The molecule has 2 aromatic rings. The van der Waals surface area contributed by atoms with Crippen LogP contribution in [0.1, 0.15) is 42.5 Å². The largest absolute Gasteiger partial charge is 0.347 e. The summed E-state index contributed by atoms with van der Waals surface area (Å²) in [5.41, 5.74) is 3.06. The molecule has 1 aliphatic rings. The zero-order chi connectivity index (χ0) is 17.2. The molecule has 5 nitrogen and oxygen atoms in total. The van der Waals surface area contributed by atoms with E-state index in [0.29, 0.717) is 0 Å². The molecule has 25 heavy (non-hydrogen) atoms. The minimum absolute atomic E-state index is 0. The lowest BCUT2D eigenvalue weighted by Crippen LogP contribution is -2.55. The molecule has 2 heterocycles. The number of amides is 1.